The van der Waals surface area contributed by atoms with Gasteiger partial charge in [0.05, 0.1) is 6.33 Å². The van der Waals surface area contributed by atoms with Crippen molar-refractivity contribution in [3.8, 4) is 6.19 Å². The number of primary amides is 1. The number of carbonyl (C=O) groups excluding carboxylic acids is 1. The third kappa shape index (κ3) is 1.44. The van der Waals surface area contributed by atoms with Gasteiger partial charge in [-0.05, 0) is 0 Å². The highest BCUT2D eigenvalue weighted by atomic mass is 16.1. The van der Waals surface area contributed by atoms with Crippen molar-refractivity contribution >= 4 is 11.7 Å². The van der Waals surface area contributed by atoms with Gasteiger partial charge in [-0.15, -0.1) is 0 Å². The lowest BCUT2D eigenvalue weighted by Gasteiger charge is -2.09. The topological polar surface area (TPSA) is 87.9 Å². The number of nitrogens with zero attached hydrogens (tertiary/aromatic N) is 4. The van der Waals surface area contributed by atoms with E-state index in [2.05, 4.69) is 4.98 Å². The molecule has 0 aromatic carbocycles. The van der Waals surface area contributed by atoms with Crippen molar-refractivity contribution in [2.75, 3.05) is 11.9 Å². The van der Waals surface area contributed by atoms with Crippen LogP contribution in [0.25, 0.3) is 0 Å². The molecule has 0 bridgehead atoms. The molecule has 0 aliphatic rings. The molecule has 2 N–H and O–H groups in total. The normalized spacial score (nSPS) is 9.31. The summed E-state index contributed by atoms with van der Waals surface area (Å²) in [7, 11) is 3.21. The van der Waals surface area contributed by atoms with Gasteiger partial charge in [0.2, 0.25) is 0 Å². The van der Waals surface area contributed by atoms with Crippen molar-refractivity contribution in [3.05, 3.63) is 12.0 Å². The molecule has 0 atom stereocenters. The number of hydrogen-bond acceptors (Lipinski definition) is 4. The fraction of sp³-hybridized carbons (Fsp3) is 0.286. The van der Waals surface area contributed by atoms with Crippen LogP contribution in [0.3, 0.4) is 0 Å². The minimum Gasteiger partial charge on any atom is -0.364 e. The van der Waals surface area contributed by atoms with Gasteiger partial charge >= 0.3 is 0 Å². The molecule has 0 saturated heterocycles. The lowest BCUT2D eigenvalue weighted by atomic mass is 10.4. The number of imidazole rings is 1. The van der Waals surface area contributed by atoms with Crippen LogP contribution in [0.5, 0.6) is 0 Å². The first-order valence-electron chi connectivity index (χ1n) is 3.52. The number of anilines is 1. The summed E-state index contributed by atoms with van der Waals surface area (Å²) >= 11 is 0. The van der Waals surface area contributed by atoms with Gasteiger partial charge in [0.15, 0.2) is 17.7 Å². The molecule has 0 aliphatic carbocycles. The SMILES string of the molecule is CN(C#N)c1c(C(N)=O)ncn1C. The summed E-state index contributed by atoms with van der Waals surface area (Å²) in [5, 5.41) is 8.62. The van der Waals surface area contributed by atoms with Crippen LogP contribution in [-0.2, 0) is 7.05 Å². The fourth-order valence-corrected chi connectivity index (χ4v) is 1.04. The van der Waals surface area contributed by atoms with Crippen LogP contribution in [0, 0.1) is 11.5 Å². The zero-order chi connectivity index (χ0) is 10.0. The van der Waals surface area contributed by atoms with E-state index in [9.17, 15) is 4.79 Å². The second kappa shape index (κ2) is 3.15. The molecule has 1 aromatic rings. The van der Waals surface area contributed by atoms with Crippen LogP contribution >= 0.6 is 0 Å². The number of rotatable bonds is 2. The summed E-state index contributed by atoms with van der Waals surface area (Å²) in [6.07, 6.45) is 3.30. The van der Waals surface area contributed by atoms with Gasteiger partial charge in [-0.2, -0.15) is 5.26 Å². The average Bonchev–Trinajstić information content (AvgIpc) is 2.46. The van der Waals surface area contributed by atoms with E-state index in [-0.39, 0.29) is 5.69 Å². The quantitative estimate of drug-likeness (QED) is 0.486. The summed E-state index contributed by atoms with van der Waals surface area (Å²) in [4.78, 5) is 15.9. The van der Waals surface area contributed by atoms with E-state index in [1.807, 2.05) is 6.19 Å². The fourth-order valence-electron chi connectivity index (χ4n) is 1.04. The molecular formula is C7H9N5O. The van der Waals surface area contributed by atoms with Gasteiger partial charge in [-0.1, -0.05) is 0 Å². The Labute approximate surface area is 75.2 Å². The minimum atomic E-state index is -0.641. The Bertz CT molecular complexity index is 375. The van der Waals surface area contributed by atoms with Crippen molar-refractivity contribution in [2.24, 2.45) is 12.8 Å². The Morgan fingerprint density at radius 2 is 2.46 bits per heavy atom. The van der Waals surface area contributed by atoms with Crippen LogP contribution in [0.15, 0.2) is 6.33 Å². The molecule has 13 heavy (non-hydrogen) atoms. The van der Waals surface area contributed by atoms with Crippen molar-refractivity contribution < 1.29 is 4.79 Å². The number of aryl methyl sites for hydroxylation is 1. The molecule has 0 radical (unpaired) electrons. The molecule has 0 spiro atoms. The first-order valence-corrected chi connectivity index (χ1v) is 3.52. The molecule has 0 unspecified atom stereocenters. The van der Waals surface area contributed by atoms with E-state index < -0.39 is 5.91 Å². The van der Waals surface area contributed by atoms with Gasteiger partial charge in [0.25, 0.3) is 5.91 Å². The molecule has 1 amide bonds. The van der Waals surface area contributed by atoms with Gasteiger partial charge in [0.1, 0.15) is 0 Å². The number of amides is 1. The van der Waals surface area contributed by atoms with Crippen LogP contribution < -0.4 is 10.6 Å². The molecular weight excluding hydrogens is 170 g/mol. The highest BCUT2D eigenvalue weighted by Crippen LogP contribution is 2.15. The molecule has 1 aromatic heterocycles. The maximum absolute atomic E-state index is 10.9. The minimum absolute atomic E-state index is 0.103. The second-order valence-electron chi connectivity index (χ2n) is 2.55. The number of hydrogen-bond donors (Lipinski definition) is 1. The highest BCUT2D eigenvalue weighted by Gasteiger charge is 2.16. The van der Waals surface area contributed by atoms with E-state index >= 15 is 0 Å². The number of carbonyl (C=O) groups is 1. The summed E-state index contributed by atoms with van der Waals surface area (Å²) in [6.45, 7) is 0. The first kappa shape index (κ1) is 9.06. The average molecular weight is 179 g/mol. The molecule has 0 fully saturated rings. The first-order chi connectivity index (χ1) is 6.07. The maximum Gasteiger partial charge on any atom is 0.271 e. The summed E-state index contributed by atoms with van der Waals surface area (Å²) < 4.78 is 1.56. The highest BCUT2D eigenvalue weighted by molar-refractivity contribution is 5.96. The van der Waals surface area contributed by atoms with E-state index in [4.69, 9.17) is 11.0 Å². The van der Waals surface area contributed by atoms with Crippen LogP contribution in [0.4, 0.5) is 5.82 Å². The summed E-state index contributed by atoms with van der Waals surface area (Å²) in [6, 6.07) is 0. The Morgan fingerprint density at radius 3 is 2.92 bits per heavy atom. The standard InChI is InChI=1S/C7H9N5O/c1-11(3-8)7-5(6(9)13)10-4-12(7)2/h4H,1-2H3,(H2,9,13). The summed E-state index contributed by atoms with van der Waals surface area (Å²) in [5.74, 6) is -0.243. The van der Waals surface area contributed by atoms with Crippen LogP contribution in [0.2, 0.25) is 0 Å². The predicted molar refractivity (Wildman–Crippen MR) is 45.7 cm³/mol. The van der Waals surface area contributed by atoms with E-state index in [0.717, 1.165) is 0 Å². The second-order valence-corrected chi connectivity index (χ2v) is 2.55. The zero-order valence-corrected chi connectivity index (χ0v) is 7.35. The van der Waals surface area contributed by atoms with Crippen molar-refractivity contribution in [3.63, 3.8) is 0 Å². The van der Waals surface area contributed by atoms with Crippen molar-refractivity contribution in [1.29, 1.82) is 5.26 Å². The predicted octanol–water partition coefficient (Wildman–Crippen LogP) is -0.564. The molecule has 0 saturated carbocycles. The smallest absolute Gasteiger partial charge is 0.271 e. The van der Waals surface area contributed by atoms with Gasteiger partial charge in [-0.25, -0.2) is 4.98 Å². The lowest BCUT2D eigenvalue weighted by Crippen LogP contribution is -2.19. The van der Waals surface area contributed by atoms with Gasteiger partial charge < -0.3 is 10.3 Å². The molecule has 1 rings (SSSR count). The van der Waals surface area contributed by atoms with E-state index in [1.54, 1.807) is 11.6 Å². The van der Waals surface area contributed by atoms with Gasteiger partial charge in [0, 0.05) is 14.1 Å². The molecule has 6 nitrogen and oxygen atoms in total. The summed E-state index contributed by atoms with van der Waals surface area (Å²) in [5.41, 5.74) is 5.17. The maximum atomic E-state index is 10.9. The monoisotopic (exact) mass is 179 g/mol. The van der Waals surface area contributed by atoms with E-state index in [1.165, 1.54) is 18.3 Å². The van der Waals surface area contributed by atoms with Crippen LogP contribution in [0.1, 0.15) is 10.5 Å². The van der Waals surface area contributed by atoms with Crippen molar-refractivity contribution in [1.82, 2.24) is 9.55 Å². The van der Waals surface area contributed by atoms with E-state index in [0.29, 0.717) is 5.82 Å². The van der Waals surface area contributed by atoms with Gasteiger partial charge in [-0.3, -0.25) is 9.69 Å². The number of nitriles is 1. The largest absolute Gasteiger partial charge is 0.364 e. The Balaban J connectivity index is 3.25. The number of aromatic nitrogens is 2. The lowest BCUT2D eigenvalue weighted by molar-refractivity contribution is 0.0996. The molecule has 0 aliphatic heterocycles. The Morgan fingerprint density at radius 1 is 1.85 bits per heavy atom. The Kier molecular flexibility index (Phi) is 2.19. The molecule has 6 heteroatoms. The Hall–Kier alpha value is -2.03. The molecule has 1 heterocycles. The number of nitrogens with two attached hydrogens (primary N) is 1. The third-order valence-corrected chi connectivity index (χ3v) is 1.61. The van der Waals surface area contributed by atoms with Crippen LogP contribution in [-0.4, -0.2) is 22.5 Å². The zero-order valence-electron chi connectivity index (χ0n) is 7.35. The third-order valence-electron chi connectivity index (χ3n) is 1.61. The van der Waals surface area contributed by atoms with Crippen molar-refractivity contribution in [2.45, 2.75) is 0 Å². The molecule has 68 valence electrons.